The molecule has 0 aromatic carbocycles. The Kier molecular flexibility index (Phi) is 3.33. The van der Waals surface area contributed by atoms with Crippen LogP contribution in [0.1, 0.15) is 77.0 Å². The van der Waals surface area contributed by atoms with Crippen molar-refractivity contribution in [3.8, 4) is 0 Å². The summed E-state index contributed by atoms with van der Waals surface area (Å²) in [7, 11) is 0. The van der Waals surface area contributed by atoms with Gasteiger partial charge in [-0.3, -0.25) is 0 Å². The van der Waals surface area contributed by atoms with Crippen molar-refractivity contribution in [3.05, 3.63) is 20.6 Å². The lowest BCUT2D eigenvalue weighted by Gasteiger charge is -2.57. The molecule has 0 nitrogen and oxygen atoms in total. The minimum Gasteiger partial charge on any atom is -0.0902 e. The molecule has 8 saturated carbocycles. The van der Waals surface area contributed by atoms with E-state index in [1.54, 1.807) is 47.7 Å². The molecule has 0 saturated heterocycles. The molecule has 1 heterocycles. The zero-order chi connectivity index (χ0) is 16.9. The Morgan fingerprint density at radius 1 is 0.692 bits per heavy atom. The van der Waals surface area contributed by atoms with Crippen LogP contribution in [0.5, 0.6) is 0 Å². The van der Waals surface area contributed by atoms with Crippen molar-refractivity contribution in [2.75, 3.05) is 0 Å². The van der Waals surface area contributed by atoms with E-state index in [-0.39, 0.29) is 0 Å². The van der Waals surface area contributed by atoms with E-state index in [2.05, 4.69) is 35.0 Å². The lowest BCUT2D eigenvalue weighted by molar-refractivity contribution is -0.0257. The van der Waals surface area contributed by atoms with E-state index < -0.39 is 0 Å². The first-order chi connectivity index (χ1) is 12.7. The highest BCUT2D eigenvalue weighted by Crippen LogP contribution is 2.68. The molecule has 9 aliphatic rings. The van der Waals surface area contributed by atoms with Crippen molar-refractivity contribution in [2.24, 2.45) is 46.3 Å². The van der Waals surface area contributed by atoms with Gasteiger partial charge in [0.2, 0.25) is 0 Å². The van der Waals surface area contributed by atoms with E-state index in [1.165, 1.54) is 38.5 Å². The average molecular weight is 385 g/mol. The maximum atomic E-state index is 2.82. The molecule has 0 amide bonds. The second-order valence-electron chi connectivity index (χ2n) is 11.6. The van der Waals surface area contributed by atoms with E-state index in [0.29, 0.717) is 10.8 Å². The van der Waals surface area contributed by atoms with Gasteiger partial charge in [0.15, 0.2) is 0 Å². The zero-order valence-corrected chi connectivity index (χ0v) is 17.6. The van der Waals surface area contributed by atoms with Crippen molar-refractivity contribution < 1.29 is 0 Å². The fraction of sp³-hybridized carbons (Fsp3) is 0.833. The molecule has 0 atom stereocenters. The Labute approximate surface area is 167 Å². The van der Waals surface area contributed by atoms with Gasteiger partial charge in [-0.1, -0.05) is 29.6 Å². The first kappa shape index (κ1) is 16.0. The molecule has 0 N–H and O–H groups in total. The molecule has 0 radical (unpaired) electrons. The number of rotatable bonds is 2. The Bertz CT molecular complexity index is 628. The molecule has 0 unspecified atom stereocenters. The highest BCUT2D eigenvalue weighted by Gasteiger charge is 2.54. The van der Waals surface area contributed by atoms with Crippen LogP contribution in [0.3, 0.4) is 0 Å². The van der Waals surface area contributed by atoms with E-state index >= 15 is 0 Å². The summed E-state index contributed by atoms with van der Waals surface area (Å²) in [5.41, 5.74) is 1.22. The van der Waals surface area contributed by atoms with Gasteiger partial charge in [-0.25, -0.2) is 0 Å². The summed E-state index contributed by atoms with van der Waals surface area (Å²) in [5.74, 6) is 6.44. The van der Waals surface area contributed by atoms with Gasteiger partial charge >= 0.3 is 0 Å². The molecule has 2 heteroatoms. The Morgan fingerprint density at radius 2 is 1.15 bits per heavy atom. The van der Waals surface area contributed by atoms with Crippen LogP contribution < -0.4 is 0 Å². The molecule has 0 aromatic heterocycles. The maximum Gasteiger partial charge on any atom is 0.0455 e. The summed E-state index contributed by atoms with van der Waals surface area (Å²) in [6, 6.07) is 0. The quantitative estimate of drug-likeness (QED) is 0.481. The van der Waals surface area contributed by atoms with Gasteiger partial charge < -0.3 is 0 Å². The van der Waals surface area contributed by atoms with E-state index in [4.69, 9.17) is 0 Å². The maximum absolute atomic E-state index is 2.82. The lowest BCUT2D eigenvalue weighted by atomic mass is 9.49. The standard InChI is InChI=1S/C24H32S2/c1-15-2-17-3-16(1)8-23(7-15,9-17)13-22-25-14-21(26-22)24-10-18-4-19(11-24)6-20(5-18)12-24/h13-20H,1-12H2/b22-13-. The van der Waals surface area contributed by atoms with Gasteiger partial charge in [0.1, 0.15) is 0 Å². The minimum absolute atomic E-state index is 0.606. The monoisotopic (exact) mass is 384 g/mol. The molecule has 9 rings (SSSR count). The van der Waals surface area contributed by atoms with Crippen LogP contribution in [0.4, 0.5) is 0 Å². The smallest absolute Gasteiger partial charge is 0.0455 e. The van der Waals surface area contributed by atoms with Gasteiger partial charge in [0, 0.05) is 14.6 Å². The summed E-state index contributed by atoms with van der Waals surface area (Å²) in [5, 5.41) is 2.62. The second kappa shape index (κ2) is 5.41. The molecule has 8 fully saturated rings. The first-order valence-corrected chi connectivity index (χ1v) is 13.1. The molecule has 140 valence electrons. The minimum atomic E-state index is 0.606. The number of hydrogen-bond acceptors (Lipinski definition) is 2. The van der Waals surface area contributed by atoms with Crippen LogP contribution in [-0.2, 0) is 0 Å². The topological polar surface area (TPSA) is 0 Å². The number of allylic oxidation sites excluding steroid dienone is 2. The lowest BCUT2D eigenvalue weighted by Crippen LogP contribution is -2.46. The average Bonchev–Trinajstić information content (AvgIpc) is 3.01. The van der Waals surface area contributed by atoms with Crippen LogP contribution >= 0.6 is 23.5 Å². The van der Waals surface area contributed by atoms with E-state index in [0.717, 1.165) is 35.5 Å². The molecule has 26 heavy (non-hydrogen) atoms. The third kappa shape index (κ3) is 2.36. The third-order valence-corrected chi connectivity index (χ3v) is 12.0. The summed E-state index contributed by atoms with van der Waals surface area (Å²) in [6.45, 7) is 0. The van der Waals surface area contributed by atoms with Crippen molar-refractivity contribution in [3.63, 3.8) is 0 Å². The molecule has 0 aromatic rings. The highest BCUT2D eigenvalue weighted by molar-refractivity contribution is 8.28. The fourth-order valence-corrected chi connectivity index (χ4v) is 12.3. The highest BCUT2D eigenvalue weighted by atomic mass is 32.2. The molecule has 8 bridgehead atoms. The Hall–Kier alpha value is 0.180. The fourth-order valence-electron chi connectivity index (χ4n) is 9.58. The SMILES string of the molecule is C1=C(C23CC4CC(CC(C4)C2)C3)S/C(=C\C23CC4CC(CC(C4)C2)C3)S1. The Morgan fingerprint density at radius 3 is 1.65 bits per heavy atom. The number of thioether (sulfide) groups is 2. The summed E-state index contributed by atoms with van der Waals surface area (Å²) < 4.78 is 1.68. The van der Waals surface area contributed by atoms with Gasteiger partial charge in [-0.05, 0) is 123 Å². The van der Waals surface area contributed by atoms with Crippen LogP contribution in [0, 0.1) is 46.3 Å². The summed E-state index contributed by atoms with van der Waals surface area (Å²) in [4.78, 5) is 1.80. The van der Waals surface area contributed by atoms with Crippen LogP contribution in [0.2, 0.25) is 0 Å². The molecular weight excluding hydrogens is 352 g/mol. The third-order valence-electron chi connectivity index (χ3n) is 9.56. The molecular formula is C24H32S2. The summed E-state index contributed by atoms with van der Waals surface area (Å²) in [6.07, 6.45) is 21.4. The van der Waals surface area contributed by atoms with Gasteiger partial charge in [0.05, 0.1) is 0 Å². The van der Waals surface area contributed by atoms with E-state index in [1.807, 2.05) is 0 Å². The van der Waals surface area contributed by atoms with Crippen LogP contribution in [0.25, 0.3) is 0 Å². The van der Waals surface area contributed by atoms with E-state index in [9.17, 15) is 0 Å². The molecule has 8 aliphatic carbocycles. The van der Waals surface area contributed by atoms with Gasteiger partial charge in [-0.15, -0.1) is 0 Å². The zero-order valence-electron chi connectivity index (χ0n) is 15.9. The number of hydrogen-bond donors (Lipinski definition) is 0. The van der Waals surface area contributed by atoms with Crippen LogP contribution in [0.15, 0.2) is 20.6 Å². The van der Waals surface area contributed by atoms with Crippen molar-refractivity contribution >= 4 is 23.5 Å². The second-order valence-corrected chi connectivity index (χ2v) is 13.9. The Balaban J connectivity index is 1.14. The predicted octanol–water partition coefficient (Wildman–Crippen LogP) is 7.58. The van der Waals surface area contributed by atoms with Crippen molar-refractivity contribution in [1.82, 2.24) is 0 Å². The van der Waals surface area contributed by atoms with Crippen molar-refractivity contribution in [2.45, 2.75) is 77.0 Å². The predicted molar refractivity (Wildman–Crippen MR) is 113 cm³/mol. The first-order valence-electron chi connectivity index (χ1n) is 11.4. The molecule has 1 aliphatic heterocycles. The normalized spacial score (nSPS) is 58.0. The largest absolute Gasteiger partial charge is 0.0902 e. The van der Waals surface area contributed by atoms with Crippen molar-refractivity contribution in [1.29, 1.82) is 0 Å². The van der Waals surface area contributed by atoms with Gasteiger partial charge in [0.25, 0.3) is 0 Å². The van der Waals surface area contributed by atoms with Gasteiger partial charge in [-0.2, -0.15) is 0 Å². The summed E-state index contributed by atoms with van der Waals surface area (Å²) >= 11 is 4.34. The molecule has 0 spiro atoms. The van der Waals surface area contributed by atoms with Crippen LogP contribution in [-0.4, -0.2) is 0 Å².